The van der Waals surface area contributed by atoms with Crippen LogP contribution >= 0.6 is 24.0 Å². The molecule has 0 aromatic heterocycles. The van der Waals surface area contributed by atoms with Gasteiger partial charge in [0.25, 0.3) is 0 Å². The van der Waals surface area contributed by atoms with Gasteiger partial charge in [0.05, 0.1) is 18.8 Å². The standard InChI is InChI=1S/C22H41N3O2.HI/c1-23-22(24-17-19-9-5-3-2-4-6-10-19)25-14-12-20(13-15-25)27-18-21-11-7-8-16-26-21;/h19-21H,2-18H2,1H3,(H,23,24);1H. The van der Waals surface area contributed by atoms with Gasteiger partial charge >= 0.3 is 0 Å². The highest BCUT2D eigenvalue weighted by Gasteiger charge is 2.24. The topological polar surface area (TPSA) is 46.1 Å². The van der Waals surface area contributed by atoms with E-state index in [1.165, 1.54) is 57.8 Å². The summed E-state index contributed by atoms with van der Waals surface area (Å²) in [5.41, 5.74) is 0. The molecule has 0 spiro atoms. The molecule has 0 amide bonds. The van der Waals surface area contributed by atoms with Crippen molar-refractivity contribution in [2.75, 3.05) is 39.9 Å². The Morgan fingerprint density at radius 3 is 2.29 bits per heavy atom. The smallest absolute Gasteiger partial charge is 0.193 e. The van der Waals surface area contributed by atoms with E-state index in [1.54, 1.807) is 0 Å². The minimum Gasteiger partial charge on any atom is -0.376 e. The maximum absolute atomic E-state index is 6.15. The quantitative estimate of drug-likeness (QED) is 0.336. The van der Waals surface area contributed by atoms with Gasteiger partial charge in [0.15, 0.2) is 5.96 Å². The molecule has 3 fully saturated rings. The number of hydrogen-bond acceptors (Lipinski definition) is 3. The van der Waals surface area contributed by atoms with Crippen molar-refractivity contribution >= 4 is 29.9 Å². The summed E-state index contributed by atoms with van der Waals surface area (Å²) in [6.45, 7) is 4.86. The van der Waals surface area contributed by atoms with Crippen LogP contribution in [0.3, 0.4) is 0 Å². The lowest BCUT2D eigenvalue weighted by atomic mass is 9.91. The minimum atomic E-state index is 0. The summed E-state index contributed by atoms with van der Waals surface area (Å²) in [4.78, 5) is 6.97. The zero-order valence-electron chi connectivity index (χ0n) is 17.9. The first-order valence-electron chi connectivity index (χ1n) is 11.5. The molecule has 0 bridgehead atoms. The van der Waals surface area contributed by atoms with E-state index < -0.39 is 0 Å². The second-order valence-electron chi connectivity index (χ2n) is 8.65. The van der Waals surface area contributed by atoms with E-state index in [-0.39, 0.29) is 24.0 Å². The molecule has 164 valence electrons. The van der Waals surface area contributed by atoms with Crippen molar-refractivity contribution in [2.45, 2.75) is 89.3 Å². The highest BCUT2D eigenvalue weighted by atomic mass is 127. The van der Waals surface area contributed by atoms with E-state index in [2.05, 4.69) is 15.2 Å². The van der Waals surface area contributed by atoms with Crippen LogP contribution in [-0.4, -0.2) is 63.0 Å². The van der Waals surface area contributed by atoms with Crippen LogP contribution in [0.25, 0.3) is 0 Å². The molecule has 0 aromatic carbocycles. The monoisotopic (exact) mass is 507 g/mol. The van der Waals surface area contributed by atoms with Gasteiger partial charge < -0.3 is 19.7 Å². The normalized spacial score (nSPS) is 26.2. The van der Waals surface area contributed by atoms with Crippen LogP contribution in [0.5, 0.6) is 0 Å². The average molecular weight is 508 g/mol. The lowest BCUT2D eigenvalue weighted by Gasteiger charge is -2.35. The van der Waals surface area contributed by atoms with Crippen molar-refractivity contribution in [1.29, 1.82) is 0 Å². The van der Waals surface area contributed by atoms with Gasteiger partial charge in [-0.05, 0) is 50.9 Å². The van der Waals surface area contributed by atoms with Crippen molar-refractivity contribution in [1.82, 2.24) is 10.2 Å². The lowest BCUT2D eigenvalue weighted by molar-refractivity contribution is -0.0721. The molecule has 1 atom stereocenters. The van der Waals surface area contributed by atoms with Gasteiger partial charge in [-0.3, -0.25) is 4.99 Å². The summed E-state index contributed by atoms with van der Waals surface area (Å²) in [5, 5.41) is 3.67. The Labute approximate surface area is 189 Å². The zero-order chi connectivity index (χ0) is 18.7. The molecule has 5 nitrogen and oxygen atoms in total. The highest BCUT2D eigenvalue weighted by molar-refractivity contribution is 14.0. The van der Waals surface area contributed by atoms with Crippen LogP contribution in [0.4, 0.5) is 0 Å². The number of piperidine rings is 1. The fourth-order valence-corrected chi connectivity index (χ4v) is 4.73. The third kappa shape index (κ3) is 8.34. The van der Waals surface area contributed by atoms with Crippen LogP contribution in [0.2, 0.25) is 0 Å². The fourth-order valence-electron chi connectivity index (χ4n) is 4.73. The molecule has 3 rings (SSSR count). The summed E-state index contributed by atoms with van der Waals surface area (Å²) in [7, 11) is 1.92. The molecule has 2 heterocycles. The Kier molecular flexibility index (Phi) is 12.1. The first-order valence-corrected chi connectivity index (χ1v) is 11.5. The Morgan fingerprint density at radius 2 is 1.64 bits per heavy atom. The molecule has 28 heavy (non-hydrogen) atoms. The van der Waals surface area contributed by atoms with Crippen LogP contribution in [-0.2, 0) is 9.47 Å². The number of aliphatic imine (C=N–C) groups is 1. The molecular formula is C22H42IN3O2. The molecule has 1 N–H and O–H groups in total. The lowest BCUT2D eigenvalue weighted by Crippen LogP contribution is -2.48. The maximum Gasteiger partial charge on any atom is 0.193 e. The SMILES string of the molecule is CN=C(NCC1CCCCCCC1)N1CCC(OCC2CCCCO2)CC1.I. The maximum atomic E-state index is 6.15. The third-order valence-electron chi connectivity index (χ3n) is 6.52. The Balaban J connectivity index is 0.00000280. The summed E-state index contributed by atoms with van der Waals surface area (Å²) in [6.07, 6.45) is 16.4. The van der Waals surface area contributed by atoms with E-state index in [0.717, 1.165) is 64.0 Å². The number of nitrogens with zero attached hydrogens (tertiary/aromatic N) is 2. The third-order valence-corrected chi connectivity index (χ3v) is 6.52. The summed E-state index contributed by atoms with van der Waals surface area (Å²) >= 11 is 0. The number of nitrogens with one attached hydrogen (secondary N) is 1. The summed E-state index contributed by atoms with van der Waals surface area (Å²) in [6, 6.07) is 0. The highest BCUT2D eigenvalue weighted by Crippen LogP contribution is 2.22. The first-order chi connectivity index (χ1) is 13.3. The first kappa shape index (κ1) is 24.2. The van der Waals surface area contributed by atoms with Crippen molar-refractivity contribution in [2.24, 2.45) is 10.9 Å². The van der Waals surface area contributed by atoms with E-state index in [4.69, 9.17) is 9.47 Å². The molecule has 0 aromatic rings. The van der Waals surface area contributed by atoms with Crippen LogP contribution in [0.1, 0.15) is 77.0 Å². The molecule has 3 aliphatic rings. The molecule has 6 heteroatoms. The zero-order valence-corrected chi connectivity index (χ0v) is 20.2. The van der Waals surface area contributed by atoms with Crippen LogP contribution < -0.4 is 5.32 Å². The summed E-state index contributed by atoms with van der Waals surface area (Å²) in [5.74, 6) is 1.91. The molecule has 1 aliphatic carbocycles. The van der Waals surface area contributed by atoms with Crippen LogP contribution in [0.15, 0.2) is 4.99 Å². The largest absolute Gasteiger partial charge is 0.376 e. The second-order valence-corrected chi connectivity index (χ2v) is 8.65. The predicted molar refractivity (Wildman–Crippen MR) is 127 cm³/mol. The molecular weight excluding hydrogens is 465 g/mol. The van der Waals surface area contributed by atoms with Gasteiger partial charge in [-0.1, -0.05) is 32.1 Å². The van der Waals surface area contributed by atoms with Gasteiger partial charge in [-0.25, -0.2) is 0 Å². The number of hydrogen-bond donors (Lipinski definition) is 1. The molecule has 2 aliphatic heterocycles. The molecule has 1 unspecified atom stereocenters. The Bertz CT molecular complexity index is 427. The van der Waals surface area contributed by atoms with Crippen molar-refractivity contribution in [3.8, 4) is 0 Å². The predicted octanol–water partition coefficient (Wildman–Crippen LogP) is 4.59. The minimum absolute atomic E-state index is 0. The number of ether oxygens (including phenoxy) is 2. The Hall–Kier alpha value is -0.0800. The van der Waals surface area contributed by atoms with Gasteiger partial charge in [-0.15, -0.1) is 24.0 Å². The van der Waals surface area contributed by atoms with E-state index in [1.807, 2.05) is 7.05 Å². The second kappa shape index (κ2) is 14.0. The van der Waals surface area contributed by atoms with Crippen molar-refractivity contribution in [3.05, 3.63) is 0 Å². The van der Waals surface area contributed by atoms with Gasteiger partial charge in [0.1, 0.15) is 0 Å². The van der Waals surface area contributed by atoms with E-state index in [0.29, 0.717) is 12.2 Å². The number of halogens is 1. The number of rotatable bonds is 5. The van der Waals surface area contributed by atoms with Crippen LogP contribution in [0, 0.1) is 5.92 Å². The average Bonchev–Trinajstić information content (AvgIpc) is 2.70. The number of likely N-dealkylation sites (tertiary alicyclic amines) is 1. The molecule has 1 saturated carbocycles. The summed E-state index contributed by atoms with van der Waals surface area (Å²) < 4.78 is 11.9. The fraction of sp³-hybridized carbons (Fsp3) is 0.955. The van der Waals surface area contributed by atoms with Gasteiger partial charge in [0.2, 0.25) is 0 Å². The van der Waals surface area contributed by atoms with Crippen molar-refractivity contribution < 1.29 is 9.47 Å². The van der Waals surface area contributed by atoms with E-state index >= 15 is 0 Å². The Morgan fingerprint density at radius 1 is 0.964 bits per heavy atom. The van der Waals surface area contributed by atoms with Gasteiger partial charge in [0, 0.05) is 33.3 Å². The van der Waals surface area contributed by atoms with E-state index in [9.17, 15) is 0 Å². The molecule has 2 saturated heterocycles. The molecule has 0 radical (unpaired) electrons. The van der Waals surface area contributed by atoms with Crippen molar-refractivity contribution in [3.63, 3.8) is 0 Å². The van der Waals surface area contributed by atoms with Gasteiger partial charge in [-0.2, -0.15) is 0 Å². The number of guanidine groups is 1.